The second-order valence-corrected chi connectivity index (χ2v) is 8.42. The Morgan fingerprint density at radius 2 is 1.69 bits per heavy atom. The molecule has 2 aromatic carbocycles. The summed E-state index contributed by atoms with van der Waals surface area (Å²) in [5.74, 6) is -0.298. The molecule has 3 rings (SSSR count). The van der Waals surface area contributed by atoms with Crippen LogP contribution in [0.2, 0.25) is 0 Å². The topological polar surface area (TPSA) is 51.4 Å². The van der Waals surface area contributed by atoms with E-state index in [9.17, 15) is 9.18 Å². The van der Waals surface area contributed by atoms with E-state index in [4.69, 9.17) is 12.2 Å². The average Bonchev–Trinajstić information content (AvgIpc) is 2.76. The Balaban J connectivity index is 1.87. The monoisotopic (exact) mass is 454 g/mol. The number of aromatic nitrogens is 1. The number of thiocarbonyl (C=S) groups is 1. The van der Waals surface area contributed by atoms with Crippen LogP contribution in [-0.4, -0.2) is 46.1 Å². The van der Waals surface area contributed by atoms with Gasteiger partial charge in [0.1, 0.15) is 5.82 Å². The summed E-state index contributed by atoms with van der Waals surface area (Å²) in [5.41, 5.74) is 4.42. The molecule has 0 saturated heterocycles. The zero-order chi connectivity index (χ0) is 23.3. The molecule has 0 bridgehead atoms. The zero-order valence-electron chi connectivity index (χ0n) is 19.2. The van der Waals surface area contributed by atoms with E-state index in [1.54, 1.807) is 12.1 Å². The molecule has 1 heterocycles. The van der Waals surface area contributed by atoms with E-state index < -0.39 is 0 Å². The third kappa shape index (κ3) is 5.93. The molecule has 2 N–H and O–H groups in total. The van der Waals surface area contributed by atoms with Crippen LogP contribution in [0.15, 0.2) is 47.3 Å². The first-order chi connectivity index (χ1) is 15.3. The summed E-state index contributed by atoms with van der Waals surface area (Å²) in [7, 11) is 0. The number of nitrogens with zero attached hydrogens (tertiary/aromatic N) is 2. The highest BCUT2D eigenvalue weighted by Gasteiger charge is 2.15. The Morgan fingerprint density at radius 1 is 1.03 bits per heavy atom. The highest BCUT2D eigenvalue weighted by atomic mass is 32.1. The van der Waals surface area contributed by atoms with Gasteiger partial charge < -0.3 is 20.1 Å². The molecule has 1 aromatic heterocycles. The van der Waals surface area contributed by atoms with Gasteiger partial charge in [0.25, 0.3) is 5.56 Å². The van der Waals surface area contributed by atoms with Gasteiger partial charge in [-0.3, -0.25) is 4.79 Å². The predicted molar refractivity (Wildman–Crippen MR) is 135 cm³/mol. The van der Waals surface area contributed by atoms with Crippen molar-refractivity contribution < 1.29 is 4.39 Å². The second kappa shape index (κ2) is 10.7. The number of hydrogen-bond acceptors (Lipinski definition) is 3. The number of H-pyrrole nitrogens is 1. The van der Waals surface area contributed by atoms with Gasteiger partial charge in [-0.1, -0.05) is 13.8 Å². The number of nitrogens with one attached hydrogen (secondary N) is 2. The van der Waals surface area contributed by atoms with E-state index in [2.05, 4.69) is 42.0 Å². The number of hydrogen-bond donors (Lipinski definition) is 2. The summed E-state index contributed by atoms with van der Waals surface area (Å²) in [6.45, 7) is 12.1. The normalized spacial score (nSPS) is 11.2. The first kappa shape index (κ1) is 23.9. The summed E-state index contributed by atoms with van der Waals surface area (Å²) < 4.78 is 13.3. The molecule has 0 unspecified atom stereocenters. The lowest BCUT2D eigenvalue weighted by Crippen LogP contribution is -2.41. The number of pyridine rings is 1. The minimum Gasteiger partial charge on any atom is -0.343 e. The van der Waals surface area contributed by atoms with Crippen LogP contribution in [0.1, 0.15) is 30.5 Å². The summed E-state index contributed by atoms with van der Waals surface area (Å²) in [4.78, 5) is 20.2. The maximum atomic E-state index is 13.3. The predicted octanol–water partition coefficient (Wildman–Crippen LogP) is 4.82. The molecule has 32 heavy (non-hydrogen) atoms. The van der Waals surface area contributed by atoms with E-state index in [0.717, 1.165) is 36.1 Å². The number of likely N-dealkylation sites (N-methyl/N-ethyl adjacent to an activating group) is 1. The van der Waals surface area contributed by atoms with Crippen molar-refractivity contribution in [1.29, 1.82) is 0 Å². The number of rotatable bonds is 8. The van der Waals surface area contributed by atoms with Crippen molar-refractivity contribution in [3.8, 4) is 0 Å². The van der Waals surface area contributed by atoms with Crippen LogP contribution in [0.4, 0.5) is 10.1 Å². The van der Waals surface area contributed by atoms with E-state index in [1.807, 2.05) is 24.0 Å². The van der Waals surface area contributed by atoms with Crippen molar-refractivity contribution in [2.45, 2.75) is 34.2 Å². The van der Waals surface area contributed by atoms with Crippen molar-refractivity contribution in [3.05, 3.63) is 75.3 Å². The van der Waals surface area contributed by atoms with Crippen molar-refractivity contribution in [2.24, 2.45) is 0 Å². The van der Waals surface area contributed by atoms with E-state index in [-0.39, 0.29) is 11.4 Å². The molecule has 0 aliphatic carbocycles. The number of benzene rings is 2. The summed E-state index contributed by atoms with van der Waals surface area (Å²) >= 11 is 5.68. The molecule has 0 aliphatic rings. The fourth-order valence-electron chi connectivity index (χ4n) is 3.64. The Morgan fingerprint density at radius 3 is 2.34 bits per heavy atom. The van der Waals surface area contributed by atoms with E-state index >= 15 is 0 Å². The molecule has 7 heteroatoms. The second-order valence-electron chi connectivity index (χ2n) is 8.03. The molecule has 0 saturated carbocycles. The minimum absolute atomic E-state index is 0.113. The van der Waals surface area contributed by atoms with Crippen LogP contribution >= 0.6 is 12.2 Å². The molecule has 0 fully saturated rings. The van der Waals surface area contributed by atoms with Crippen LogP contribution < -0.4 is 10.9 Å². The van der Waals surface area contributed by atoms with Crippen LogP contribution in [0.5, 0.6) is 0 Å². The molecule has 0 atom stereocenters. The number of anilines is 1. The molecular formula is C25H31FN4OS. The highest BCUT2D eigenvalue weighted by Crippen LogP contribution is 2.18. The van der Waals surface area contributed by atoms with Crippen LogP contribution in [-0.2, 0) is 6.54 Å². The zero-order valence-corrected chi connectivity index (χ0v) is 20.0. The van der Waals surface area contributed by atoms with Gasteiger partial charge in [-0.05, 0) is 98.1 Å². The average molecular weight is 455 g/mol. The standard InChI is InChI=1S/C25H31FN4OS/c1-5-29(6-2)11-12-30(25(32)27-22-9-7-21(26)8-10-22)16-20-15-19-13-17(3)18(4)14-23(19)28-24(20)31/h7-10,13-15H,5-6,11-12,16H2,1-4H3,(H,27,32)(H,28,31). The Bertz CT molecular complexity index is 1140. The van der Waals surface area contributed by atoms with Gasteiger partial charge in [0.2, 0.25) is 0 Å². The number of halogens is 1. The van der Waals surface area contributed by atoms with Gasteiger partial charge >= 0.3 is 0 Å². The third-order valence-corrected chi connectivity index (χ3v) is 6.22. The lowest BCUT2D eigenvalue weighted by atomic mass is 10.0. The Kier molecular flexibility index (Phi) is 7.99. The number of aromatic amines is 1. The van der Waals surface area contributed by atoms with Gasteiger partial charge in [0.05, 0.1) is 6.54 Å². The van der Waals surface area contributed by atoms with Crippen molar-refractivity contribution in [3.63, 3.8) is 0 Å². The first-order valence-corrected chi connectivity index (χ1v) is 11.4. The first-order valence-electron chi connectivity index (χ1n) is 11.0. The maximum absolute atomic E-state index is 13.3. The molecule has 170 valence electrons. The van der Waals surface area contributed by atoms with Crippen molar-refractivity contribution in [1.82, 2.24) is 14.8 Å². The van der Waals surface area contributed by atoms with Crippen LogP contribution in [0.3, 0.4) is 0 Å². The van der Waals surface area contributed by atoms with Gasteiger partial charge in [0, 0.05) is 29.9 Å². The summed E-state index contributed by atoms with van der Waals surface area (Å²) in [6, 6.07) is 12.1. The Hall–Kier alpha value is -2.77. The molecule has 5 nitrogen and oxygen atoms in total. The third-order valence-electron chi connectivity index (χ3n) is 5.86. The highest BCUT2D eigenvalue weighted by molar-refractivity contribution is 7.80. The minimum atomic E-state index is -0.298. The SMILES string of the molecule is CCN(CC)CCN(Cc1cc2cc(C)c(C)cc2[nH]c1=O)C(=S)Nc1ccc(F)cc1. The quantitative estimate of drug-likeness (QED) is 0.478. The van der Waals surface area contributed by atoms with Crippen LogP contribution in [0.25, 0.3) is 10.9 Å². The van der Waals surface area contributed by atoms with Gasteiger partial charge in [-0.15, -0.1) is 0 Å². The Labute approximate surface area is 194 Å². The lowest BCUT2D eigenvalue weighted by molar-refractivity contribution is 0.266. The van der Waals surface area contributed by atoms with Gasteiger partial charge in [-0.2, -0.15) is 0 Å². The largest absolute Gasteiger partial charge is 0.343 e. The molecule has 0 spiro atoms. The van der Waals surface area contributed by atoms with Crippen LogP contribution in [0, 0.1) is 19.7 Å². The number of aryl methyl sites for hydroxylation is 2. The van der Waals surface area contributed by atoms with Crippen molar-refractivity contribution in [2.75, 3.05) is 31.5 Å². The summed E-state index contributed by atoms with van der Waals surface area (Å²) in [5, 5.41) is 4.69. The van der Waals surface area contributed by atoms with E-state index in [0.29, 0.717) is 29.5 Å². The lowest BCUT2D eigenvalue weighted by Gasteiger charge is -2.29. The van der Waals surface area contributed by atoms with E-state index in [1.165, 1.54) is 17.7 Å². The van der Waals surface area contributed by atoms with Gasteiger partial charge in [0.15, 0.2) is 5.11 Å². The smallest absolute Gasteiger partial charge is 0.253 e. The molecular weight excluding hydrogens is 423 g/mol. The molecule has 0 amide bonds. The fraction of sp³-hybridized carbons (Fsp3) is 0.360. The number of fused-ring (bicyclic) bond motifs is 1. The van der Waals surface area contributed by atoms with Gasteiger partial charge in [-0.25, -0.2) is 4.39 Å². The van der Waals surface area contributed by atoms with Crippen molar-refractivity contribution >= 4 is 33.9 Å². The molecule has 3 aromatic rings. The fourth-order valence-corrected chi connectivity index (χ4v) is 3.91. The summed E-state index contributed by atoms with van der Waals surface area (Å²) in [6.07, 6.45) is 0. The molecule has 0 aliphatic heterocycles. The maximum Gasteiger partial charge on any atom is 0.253 e. The molecule has 0 radical (unpaired) electrons.